The lowest BCUT2D eigenvalue weighted by molar-refractivity contribution is 0.0135. The van der Waals surface area contributed by atoms with Crippen LogP contribution in [0.2, 0.25) is 0 Å². The van der Waals surface area contributed by atoms with Gasteiger partial charge in [-0.05, 0) is 48.2 Å². The number of ether oxygens (including phenoxy) is 2. The molecule has 1 aliphatic rings. The molecule has 5 heteroatoms. The molecule has 0 saturated carbocycles. The Labute approximate surface area is 191 Å². The van der Waals surface area contributed by atoms with Gasteiger partial charge in [0, 0.05) is 45.0 Å². The SMILES string of the molecule is C=Cc1ccc2c(c1)CCCN(Cc1cnn(-c3ccccc3)c1)CCOC2CCOC. The first-order valence-corrected chi connectivity index (χ1v) is 11.4. The van der Waals surface area contributed by atoms with Gasteiger partial charge in [-0.15, -0.1) is 0 Å². The number of nitrogens with zero attached hydrogens (tertiary/aromatic N) is 3. The first kappa shape index (κ1) is 22.5. The van der Waals surface area contributed by atoms with Crippen molar-refractivity contribution in [2.24, 2.45) is 0 Å². The Hall–Kier alpha value is -2.73. The second kappa shape index (κ2) is 11.2. The Bertz CT molecular complexity index is 999. The molecule has 0 fully saturated rings. The van der Waals surface area contributed by atoms with Gasteiger partial charge in [0.25, 0.3) is 0 Å². The first-order chi connectivity index (χ1) is 15.8. The summed E-state index contributed by atoms with van der Waals surface area (Å²) in [6.07, 6.45) is 9.08. The van der Waals surface area contributed by atoms with E-state index in [2.05, 4.69) is 53.1 Å². The second-order valence-electron chi connectivity index (χ2n) is 8.31. The van der Waals surface area contributed by atoms with Crippen molar-refractivity contribution in [3.05, 3.63) is 89.8 Å². The summed E-state index contributed by atoms with van der Waals surface area (Å²) in [5.74, 6) is 0. The predicted octanol–water partition coefficient (Wildman–Crippen LogP) is 5.06. The van der Waals surface area contributed by atoms with Gasteiger partial charge in [-0.2, -0.15) is 5.10 Å². The van der Waals surface area contributed by atoms with Crippen molar-refractivity contribution in [1.29, 1.82) is 0 Å². The van der Waals surface area contributed by atoms with Gasteiger partial charge in [-0.1, -0.05) is 49.1 Å². The van der Waals surface area contributed by atoms with Crippen LogP contribution in [0.4, 0.5) is 0 Å². The van der Waals surface area contributed by atoms with Gasteiger partial charge in [-0.3, -0.25) is 4.90 Å². The molecule has 1 unspecified atom stereocenters. The van der Waals surface area contributed by atoms with Crippen LogP contribution in [0.15, 0.2) is 67.5 Å². The third-order valence-electron chi connectivity index (χ3n) is 6.04. The summed E-state index contributed by atoms with van der Waals surface area (Å²) in [6, 6.07) is 16.9. The third kappa shape index (κ3) is 5.74. The molecule has 0 bridgehead atoms. The number of hydrogen-bond acceptors (Lipinski definition) is 4. The highest BCUT2D eigenvalue weighted by Crippen LogP contribution is 2.28. The van der Waals surface area contributed by atoms with Gasteiger partial charge in [0.2, 0.25) is 0 Å². The van der Waals surface area contributed by atoms with Crippen molar-refractivity contribution in [3.8, 4) is 5.69 Å². The minimum Gasteiger partial charge on any atom is -0.385 e. The van der Waals surface area contributed by atoms with Gasteiger partial charge in [0.15, 0.2) is 0 Å². The van der Waals surface area contributed by atoms with Crippen molar-refractivity contribution in [3.63, 3.8) is 0 Å². The quantitative estimate of drug-likeness (QED) is 0.524. The summed E-state index contributed by atoms with van der Waals surface area (Å²) in [5.41, 5.74) is 6.12. The number of hydrogen-bond donors (Lipinski definition) is 0. The number of rotatable bonds is 7. The Balaban J connectivity index is 1.46. The summed E-state index contributed by atoms with van der Waals surface area (Å²) in [7, 11) is 1.75. The Morgan fingerprint density at radius 1 is 1.19 bits per heavy atom. The minimum atomic E-state index is 0.0598. The van der Waals surface area contributed by atoms with Crippen LogP contribution in [-0.4, -0.2) is 48.1 Å². The normalized spacial score (nSPS) is 17.6. The number of aromatic nitrogens is 2. The van der Waals surface area contributed by atoms with E-state index in [0.29, 0.717) is 13.2 Å². The molecule has 1 atom stereocenters. The van der Waals surface area contributed by atoms with Crippen LogP contribution in [0.3, 0.4) is 0 Å². The van der Waals surface area contributed by atoms with Crippen molar-refractivity contribution in [1.82, 2.24) is 14.7 Å². The van der Waals surface area contributed by atoms with Crippen LogP contribution in [0, 0.1) is 0 Å². The van der Waals surface area contributed by atoms with Crippen molar-refractivity contribution < 1.29 is 9.47 Å². The number of methoxy groups -OCH3 is 1. The Morgan fingerprint density at radius 2 is 2.06 bits per heavy atom. The highest BCUT2D eigenvalue weighted by atomic mass is 16.5. The zero-order valence-electron chi connectivity index (χ0n) is 19.0. The fraction of sp³-hybridized carbons (Fsp3) is 0.370. The number of para-hydroxylation sites is 1. The smallest absolute Gasteiger partial charge is 0.0850 e. The lowest BCUT2D eigenvalue weighted by Gasteiger charge is -2.27. The Morgan fingerprint density at radius 3 is 2.88 bits per heavy atom. The minimum absolute atomic E-state index is 0.0598. The van der Waals surface area contributed by atoms with Gasteiger partial charge in [-0.25, -0.2) is 4.68 Å². The molecule has 2 aromatic carbocycles. The summed E-state index contributed by atoms with van der Waals surface area (Å²) in [4.78, 5) is 2.47. The average molecular weight is 432 g/mol. The van der Waals surface area contributed by atoms with Gasteiger partial charge >= 0.3 is 0 Å². The maximum atomic E-state index is 6.39. The van der Waals surface area contributed by atoms with Crippen LogP contribution in [0.25, 0.3) is 11.8 Å². The van der Waals surface area contributed by atoms with E-state index in [1.165, 1.54) is 16.7 Å². The molecule has 1 aromatic heterocycles. The van der Waals surface area contributed by atoms with E-state index in [4.69, 9.17) is 9.47 Å². The molecular weight excluding hydrogens is 398 g/mol. The molecule has 3 aromatic rings. The Kier molecular flexibility index (Phi) is 7.88. The van der Waals surface area contributed by atoms with Crippen molar-refractivity contribution >= 4 is 6.08 Å². The molecule has 1 aliphatic heterocycles. The van der Waals surface area contributed by atoms with Crippen LogP contribution in [0.5, 0.6) is 0 Å². The number of benzene rings is 2. The van der Waals surface area contributed by atoms with Gasteiger partial charge < -0.3 is 9.47 Å². The first-order valence-electron chi connectivity index (χ1n) is 11.4. The molecule has 0 radical (unpaired) electrons. The molecule has 168 valence electrons. The van der Waals surface area contributed by atoms with Crippen LogP contribution in [0.1, 0.15) is 41.2 Å². The van der Waals surface area contributed by atoms with E-state index >= 15 is 0 Å². The number of fused-ring (bicyclic) bond motifs is 1. The maximum Gasteiger partial charge on any atom is 0.0850 e. The van der Waals surface area contributed by atoms with E-state index in [-0.39, 0.29) is 6.10 Å². The van der Waals surface area contributed by atoms with Crippen LogP contribution in [-0.2, 0) is 22.4 Å². The monoisotopic (exact) mass is 431 g/mol. The topological polar surface area (TPSA) is 39.5 Å². The highest BCUT2D eigenvalue weighted by molar-refractivity contribution is 5.50. The molecule has 5 nitrogen and oxygen atoms in total. The summed E-state index contributed by atoms with van der Waals surface area (Å²) in [6.45, 7) is 8.13. The second-order valence-corrected chi connectivity index (χ2v) is 8.31. The molecule has 0 saturated heterocycles. The molecule has 0 amide bonds. The summed E-state index contributed by atoms with van der Waals surface area (Å²) < 4.78 is 13.7. The molecule has 0 N–H and O–H groups in total. The van der Waals surface area contributed by atoms with Crippen LogP contribution < -0.4 is 0 Å². The average Bonchev–Trinajstić information content (AvgIpc) is 3.30. The molecule has 0 spiro atoms. The summed E-state index contributed by atoms with van der Waals surface area (Å²) in [5, 5.41) is 4.56. The van der Waals surface area contributed by atoms with E-state index in [9.17, 15) is 0 Å². The zero-order valence-corrected chi connectivity index (χ0v) is 19.0. The molecule has 0 aliphatic carbocycles. The van der Waals surface area contributed by atoms with E-state index in [0.717, 1.165) is 50.1 Å². The lowest BCUT2D eigenvalue weighted by atomic mass is 9.94. The fourth-order valence-corrected chi connectivity index (χ4v) is 4.35. The van der Waals surface area contributed by atoms with E-state index in [1.807, 2.05) is 35.2 Å². The maximum absolute atomic E-state index is 6.39. The lowest BCUT2D eigenvalue weighted by Crippen LogP contribution is -2.30. The third-order valence-corrected chi connectivity index (χ3v) is 6.04. The molecule has 2 heterocycles. The van der Waals surface area contributed by atoms with E-state index in [1.54, 1.807) is 7.11 Å². The highest BCUT2D eigenvalue weighted by Gasteiger charge is 2.19. The zero-order chi connectivity index (χ0) is 22.2. The fourth-order valence-electron chi connectivity index (χ4n) is 4.35. The molecule has 32 heavy (non-hydrogen) atoms. The van der Waals surface area contributed by atoms with Crippen molar-refractivity contribution in [2.45, 2.75) is 31.9 Å². The largest absolute Gasteiger partial charge is 0.385 e. The van der Waals surface area contributed by atoms with Crippen molar-refractivity contribution in [2.75, 3.05) is 33.4 Å². The number of aryl methyl sites for hydroxylation is 1. The predicted molar refractivity (Wildman–Crippen MR) is 129 cm³/mol. The standard InChI is InChI=1S/C27H33N3O2/c1-3-22-11-12-26-24(18-22)8-7-14-29(15-17-32-27(26)13-16-31-2)20-23-19-28-30(21-23)25-9-5-4-6-10-25/h3-6,9-12,18-19,21,27H,1,7-8,13-17,20H2,2H3. The van der Waals surface area contributed by atoms with E-state index < -0.39 is 0 Å². The summed E-state index contributed by atoms with van der Waals surface area (Å²) >= 11 is 0. The molecular formula is C27H33N3O2. The van der Waals surface area contributed by atoms with Crippen LogP contribution >= 0.6 is 0 Å². The van der Waals surface area contributed by atoms with Gasteiger partial charge in [0.1, 0.15) is 0 Å². The molecule has 4 rings (SSSR count). The van der Waals surface area contributed by atoms with Gasteiger partial charge in [0.05, 0.1) is 24.6 Å².